The van der Waals surface area contributed by atoms with Crippen LogP contribution in [0.1, 0.15) is 51.8 Å². The zero-order valence-electron chi connectivity index (χ0n) is 19.0. The van der Waals surface area contributed by atoms with Crippen LogP contribution in [0.5, 0.6) is 11.5 Å². The molecule has 35 heavy (non-hydrogen) atoms. The van der Waals surface area contributed by atoms with Crippen molar-refractivity contribution in [2.45, 2.75) is 37.6 Å². The van der Waals surface area contributed by atoms with Gasteiger partial charge < -0.3 is 19.6 Å². The summed E-state index contributed by atoms with van der Waals surface area (Å²) in [5.41, 5.74) is 6.69. The van der Waals surface area contributed by atoms with Gasteiger partial charge in [-0.1, -0.05) is 13.0 Å². The molecule has 0 saturated carbocycles. The van der Waals surface area contributed by atoms with Crippen molar-refractivity contribution >= 4 is 15.9 Å². The topological polar surface area (TPSA) is 167 Å². The molecule has 1 aliphatic rings. The van der Waals surface area contributed by atoms with E-state index in [4.69, 9.17) is 19.6 Å². The summed E-state index contributed by atoms with van der Waals surface area (Å²) < 4.78 is 60.3. The first kappa shape index (κ1) is 24.4. The lowest BCUT2D eigenvalue weighted by Gasteiger charge is -2.26. The third-order valence-electron chi connectivity index (χ3n) is 5.89. The van der Waals surface area contributed by atoms with Crippen LogP contribution in [0.15, 0.2) is 38.4 Å². The van der Waals surface area contributed by atoms with Crippen molar-refractivity contribution in [2.24, 2.45) is 5.73 Å². The van der Waals surface area contributed by atoms with Crippen molar-refractivity contribution < 1.29 is 31.5 Å². The molecule has 0 radical (unpaired) electrons. The molecule has 2 heterocycles. The smallest absolute Gasteiger partial charge is 0.434 e. The Morgan fingerprint density at radius 3 is 2.46 bits per heavy atom. The van der Waals surface area contributed by atoms with Gasteiger partial charge in [-0.05, 0) is 42.7 Å². The zero-order chi connectivity index (χ0) is 25.5. The van der Waals surface area contributed by atoms with E-state index in [9.17, 15) is 22.4 Å². The van der Waals surface area contributed by atoms with Gasteiger partial charge in [-0.3, -0.25) is 4.79 Å². The summed E-state index contributed by atoms with van der Waals surface area (Å²) in [7, 11) is -4.52. The van der Waals surface area contributed by atoms with Crippen molar-refractivity contribution in [1.29, 1.82) is 0 Å². The highest BCUT2D eigenvalue weighted by atomic mass is 32.2. The molecule has 0 bridgehead atoms. The molecule has 0 fully saturated rings. The summed E-state index contributed by atoms with van der Waals surface area (Å²) in [6, 6.07) is 3.85. The molecule has 1 amide bonds. The Morgan fingerprint density at radius 2 is 1.86 bits per heavy atom. The van der Waals surface area contributed by atoms with Crippen LogP contribution >= 0.6 is 0 Å². The maximum Gasteiger partial charge on any atom is 0.434 e. The predicted octanol–water partition coefficient (Wildman–Crippen LogP) is 1.81. The Labute approximate surface area is 199 Å². The lowest BCUT2D eigenvalue weighted by Crippen LogP contribution is -2.34. The monoisotopic (exact) mass is 506 g/mol. The van der Waals surface area contributed by atoms with E-state index < -0.39 is 44.4 Å². The van der Waals surface area contributed by atoms with E-state index >= 15 is 0 Å². The van der Waals surface area contributed by atoms with E-state index in [1.54, 1.807) is 26.8 Å². The van der Waals surface area contributed by atoms with E-state index in [0.717, 1.165) is 11.6 Å². The fourth-order valence-electron chi connectivity index (χ4n) is 3.99. The molecule has 1 aromatic heterocycles. The molecule has 186 valence electrons. The van der Waals surface area contributed by atoms with Crippen LogP contribution < -0.4 is 25.7 Å². The molecule has 0 saturated heterocycles. The third kappa shape index (κ3) is 4.64. The summed E-state index contributed by atoms with van der Waals surface area (Å²) in [6.07, 6.45) is 0. The molecule has 0 spiro atoms. The van der Waals surface area contributed by atoms with E-state index in [1.165, 1.54) is 12.1 Å². The van der Waals surface area contributed by atoms with Crippen LogP contribution in [0.3, 0.4) is 0 Å². The van der Waals surface area contributed by atoms with Crippen LogP contribution in [-0.4, -0.2) is 37.7 Å². The van der Waals surface area contributed by atoms with E-state index in [2.05, 4.69) is 14.9 Å². The largest absolute Gasteiger partial charge is 0.486 e. The van der Waals surface area contributed by atoms with Crippen LogP contribution in [0.4, 0.5) is 4.39 Å². The minimum atomic E-state index is -4.52. The summed E-state index contributed by atoms with van der Waals surface area (Å²) in [5.74, 6) is -3.42. The van der Waals surface area contributed by atoms with E-state index in [0.29, 0.717) is 5.56 Å². The van der Waals surface area contributed by atoms with Crippen LogP contribution in [-0.2, 0) is 10.0 Å². The summed E-state index contributed by atoms with van der Waals surface area (Å²) in [4.78, 5) is 23.3. The number of sulfonamides is 1. The second-order valence-corrected chi connectivity index (χ2v) is 9.78. The highest BCUT2D eigenvalue weighted by Gasteiger charge is 2.35. The molecular weight excluding hydrogens is 483 g/mol. The van der Waals surface area contributed by atoms with Gasteiger partial charge in [0.2, 0.25) is 21.8 Å². The number of rotatable bonds is 7. The van der Waals surface area contributed by atoms with Gasteiger partial charge in [0.1, 0.15) is 25.1 Å². The van der Waals surface area contributed by atoms with Crippen LogP contribution in [0, 0.1) is 19.7 Å². The number of carbonyl (C=O) groups is 1. The Hall–Kier alpha value is -3.71. The molecule has 2 atom stereocenters. The maximum absolute atomic E-state index is 14.9. The fraction of sp³-hybridized carbons (Fsp3) is 0.318. The minimum Gasteiger partial charge on any atom is -0.486 e. The molecular formula is C22H23FN4O7S. The fourth-order valence-corrected chi connectivity index (χ4v) is 5.46. The summed E-state index contributed by atoms with van der Waals surface area (Å²) in [5, 5.41) is 5.84. The average molecular weight is 507 g/mol. The standard InChI is InChI=1S/C22H23FN4O7S/c1-10-4-5-14(23)18(11(10)2)12(3)19(21-25-26-22(29)34-21)27-35(30,31)17-9-16-15(32-6-7-33-16)8-13(17)20(24)28/h4-5,8-9,12,19,27H,6-7H2,1-3H3,(H2,24,28)(H,26,29). The lowest BCUT2D eigenvalue weighted by molar-refractivity contribution is 0.0995. The van der Waals surface area contributed by atoms with Crippen LogP contribution in [0.2, 0.25) is 0 Å². The zero-order valence-corrected chi connectivity index (χ0v) is 19.9. The number of aromatic amines is 1. The summed E-state index contributed by atoms with van der Waals surface area (Å²) >= 11 is 0. The highest BCUT2D eigenvalue weighted by Crippen LogP contribution is 2.38. The Balaban J connectivity index is 1.83. The number of benzene rings is 2. The van der Waals surface area contributed by atoms with E-state index in [1.807, 2.05) is 0 Å². The molecule has 13 heteroatoms. The van der Waals surface area contributed by atoms with Crippen molar-refractivity contribution in [1.82, 2.24) is 14.9 Å². The molecule has 0 aliphatic carbocycles. The second kappa shape index (κ2) is 9.15. The van der Waals surface area contributed by atoms with Crippen molar-refractivity contribution in [2.75, 3.05) is 13.2 Å². The number of hydrogen-bond donors (Lipinski definition) is 3. The SMILES string of the molecule is Cc1ccc(F)c(C(C)C(NS(=O)(=O)c2cc3c(cc2C(N)=O)OCCO3)c2n[nH]c(=O)o2)c1C. The maximum atomic E-state index is 14.9. The number of fused-ring (bicyclic) bond motifs is 1. The first-order valence-corrected chi connectivity index (χ1v) is 12.0. The number of nitrogens with zero attached hydrogens (tertiary/aromatic N) is 1. The molecule has 11 nitrogen and oxygen atoms in total. The number of hydrogen-bond acceptors (Lipinski definition) is 8. The number of halogens is 1. The number of nitrogens with two attached hydrogens (primary N) is 1. The number of aryl methyl sites for hydroxylation is 1. The van der Waals surface area contributed by atoms with Crippen molar-refractivity contribution in [3.05, 3.63) is 68.8 Å². The lowest BCUT2D eigenvalue weighted by atomic mass is 9.88. The van der Waals surface area contributed by atoms with Crippen molar-refractivity contribution in [3.63, 3.8) is 0 Å². The number of primary amides is 1. The van der Waals surface area contributed by atoms with E-state index in [-0.39, 0.29) is 41.7 Å². The normalized spacial score (nSPS) is 15.0. The van der Waals surface area contributed by atoms with Gasteiger partial charge in [-0.25, -0.2) is 22.7 Å². The molecule has 4 rings (SSSR count). The van der Waals surface area contributed by atoms with Gasteiger partial charge >= 0.3 is 5.76 Å². The van der Waals surface area contributed by atoms with Gasteiger partial charge in [0.15, 0.2) is 11.5 Å². The predicted molar refractivity (Wildman–Crippen MR) is 120 cm³/mol. The quantitative estimate of drug-likeness (QED) is 0.436. The number of carbonyl (C=O) groups excluding carboxylic acids is 1. The molecule has 3 aromatic rings. The third-order valence-corrected chi connectivity index (χ3v) is 7.37. The second-order valence-electron chi connectivity index (χ2n) is 8.10. The van der Waals surface area contributed by atoms with Gasteiger partial charge in [-0.15, -0.1) is 5.10 Å². The number of aromatic nitrogens is 2. The Morgan fingerprint density at radius 1 is 1.20 bits per heavy atom. The molecule has 1 aliphatic heterocycles. The van der Waals surface area contributed by atoms with Gasteiger partial charge in [-0.2, -0.15) is 4.72 Å². The number of nitrogens with one attached hydrogen (secondary N) is 2. The number of ether oxygens (including phenoxy) is 2. The van der Waals surface area contributed by atoms with Gasteiger partial charge in [0.25, 0.3) is 0 Å². The van der Waals surface area contributed by atoms with Crippen molar-refractivity contribution in [3.8, 4) is 11.5 Å². The Bertz CT molecular complexity index is 1460. The number of amides is 1. The Kier molecular flexibility index (Phi) is 6.38. The highest BCUT2D eigenvalue weighted by molar-refractivity contribution is 7.89. The first-order chi connectivity index (χ1) is 16.5. The molecule has 2 aromatic carbocycles. The first-order valence-electron chi connectivity index (χ1n) is 10.6. The van der Waals surface area contributed by atoms with Crippen LogP contribution in [0.25, 0.3) is 0 Å². The van der Waals surface area contributed by atoms with Gasteiger partial charge in [0.05, 0.1) is 10.5 Å². The molecule has 2 unspecified atom stereocenters. The molecule has 4 N–H and O–H groups in total. The average Bonchev–Trinajstić information content (AvgIpc) is 3.25. The minimum absolute atomic E-state index is 0.109. The number of H-pyrrole nitrogens is 1. The summed E-state index contributed by atoms with van der Waals surface area (Å²) in [6.45, 7) is 5.44. The van der Waals surface area contributed by atoms with Gasteiger partial charge in [0, 0.05) is 12.0 Å².